The summed E-state index contributed by atoms with van der Waals surface area (Å²) in [7, 11) is 1.62. The Balaban J connectivity index is 2.62. The van der Waals surface area contributed by atoms with Gasteiger partial charge in [-0.2, -0.15) is 0 Å². The highest BCUT2D eigenvalue weighted by Gasteiger charge is 2.16. The lowest BCUT2D eigenvalue weighted by molar-refractivity contribution is -0.136. The first-order valence-corrected chi connectivity index (χ1v) is 7.44. The van der Waals surface area contributed by atoms with Crippen molar-refractivity contribution in [1.82, 2.24) is 0 Å². The molecule has 0 atom stereocenters. The molecule has 6 heteroatoms. The average molecular weight is 297 g/mol. The van der Waals surface area contributed by atoms with Crippen LogP contribution in [0.3, 0.4) is 0 Å². The number of anilines is 1. The Bertz CT molecular complexity index is 424. The molecule has 1 amide bonds. The Morgan fingerprint density at radius 2 is 2.00 bits per heavy atom. The molecule has 1 aromatic rings. The minimum Gasteiger partial charge on any atom is -0.481 e. The van der Waals surface area contributed by atoms with E-state index in [1.165, 1.54) is 16.7 Å². The van der Waals surface area contributed by atoms with Crippen LogP contribution in [0.1, 0.15) is 6.42 Å². The van der Waals surface area contributed by atoms with E-state index in [4.69, 9.17) is 9.84 Å². The van der Waals surface area contributed by atoms with Gasteiger partial charge >= 0.3 is 5.97 Å². The van der Waals surface area contributed by atoms with Crippen molar-refractivity contribution < 1.29 is 19.4 Å². The van der Waals surface area contributed by atoms with Crippen molar-refractivity contribution >= 4 is 29.3 Å². The van der Waals surface area contributed by atoms with Crippen LogP contribution in [0, 0.1) is 0 Å². The van der Waals surface area contributed by atoms with E-state index in [0.717, 1.165) is 11.4 Å². The number of methoxy groups -OCH3 is 1. The number of thioether (sulfide) groups is 1. The van der Waals surface area contributed by atoms with Gasteiger partial charge in [-0.1, -0.05) is 18.2 Å². The number of aliphatic carboxylic acids is 1. The van der Waals surface area contributed by atoms with Crippen LogP contribution in [0.5, 0.6) is 0 Å². The number of hydrogen-bond acceptors (Lipinski definition) is 4. The molecule has 0 aliphatic heterocycles. The van der Waals surface area contributed by atoms with E-state index in [0.29, 0.717) is 12.4 Å². The highest BCUT2D eigenvalue weighted by molar-refractivity contribution is 7.99. The average Bonchev–Trinajstić information content (AvgIpc) is 2.44. The van der Waals surface area contributed by atoms with Crippen LogP contribution in [0.2, 0.25) is 0 Å². The zero-order valence-electron chi connectivity index (χ0n) is 11.4. The molecule has 0 saturated heterocycles. The SMILES string of the molecule is COCCSCC(=O)N(CCC(=O)O)c1ccccc1. The summed E-state index contributed by atoms with van der Waals surface area (Å²) in [6.07, 6.45) is -0.0661. The number of rotatable bonds is 9. The fourth-order valence-corrected chi connectivity index (χ4v) is 2.35. The van der Waals surface area contributed by atoms with Gasteiger partial charge in [0.25, 0.3) is 0 Å². The maximum Gasteiger partial charge on any atom is 0.305 e. The van der Waals surface area contributed by atoms with Gasteiger partial charge in [0.1, 0.15) is 0 Å². The summed E-state index contributed by atoms with van der Waals surface area (Å²) in [5, 5.41) is 8.78. The van der Waals surface area contributed by atoms with E-state index in [1.807, 2.05) is 18.2 Å². The van der Waals surface area contributed by atoms with Crippen LogP contribution in [0.15, 0.2) is 30.3 Å². The molecule has 0 aromatic heterocycles. The lowest BCUT2D eigenvalue weighted by Crippen LogP contribution is -2.34. The Hall–Kier alpha value is -1.53. The Kier molecular flexibility index (Phi) is 7.75. The Morgan fingerprint density at radius 3 is 2.60 bits per heavy atom. The topological polar surface area (TPSA) is 66.8 Å². The fraction of sp³-hybridized carbons (Fsp3) is 0.429. The number of carbonyl (C=O) groups excluding carboxylic acids is 1. The van der Waals surface area contributed by atoms with Gasteiger partial charge in [-0.15, -0.1) is 11.8 Å². The van der Waals surface area contributed by atoms with Crippen LogP contribution in [0.25, 0.3) is 0 Å². The Morgan fingerprint density at radius 1 is 1.30 bits per heavy atom. The van der Waals surface area contributed by atoms with Crippen molar-refractivity contribution in [2.24, 2.45) is 0 Å². The van der Waals surface area contributed by atoms with Crippen molar-refractivity contribution in [2.75, 3.05) is 36.7 Å². The third-order valence-electron chi connectivity index (χ3n) is 2.58. The zero-order valence-corrected chi connectivity index (χ0v) is 12.3. The molecule has 1 aromatic carbocycles. The smallest absolute Gasteiger partial charge is 0.305 e. The quantitative estimate of drug-likeness (QED) is 0.705. The number of ether oxygens (including phenoxy) is 1. The zero-order chi connectivity index (χ0) is 14.8. The number of nitrogens with zero attached hydrogens (tertiary/aromatic N) is 1. The number of amides is 1. The fourth-order valence-electron chi connectivity index (χ4n) is 1.59. The largest absolute Gasteiger partial charge is 0.481 e. The van der Waals surface area contributed by atoms with E-state index in [1.54, 1.807) is 19.2 Å². The van der Waals surface area contributed by atoms with Crippen LogP contribution in [0.4, 0.5) is 5.69 Å². The minimum absolute atomic E-state index is 0.0661. The molecule has 0 spiro atoms. The normalized spacial score (nSPS) is 10.2. The van der Waals surface area contributed by atoms with Crippen molar-refractivity contribution in [2.45, 2.75) is 6.42 Å². The van der Waals surface area contributed by atoms with Gasteiger partial charge in [0.15, 0.2) is 0 Å². The molecule has 0 bridgehead atoms. The second-order valence-electron chi connectivity index (χ2n) is 4.07. The predicted octanol–water partition coefficient (Wildman–Crippen LogP) is 1.87. The maximum atomic E-state index is 12.2. The Labute approximate surface area is 122 Å². The third-order valence-corrected chi connectivity index (χ3v) is 3.48. The van der Waals surface area contributed by atoms with Crippen molar-refractivity contribution in [3.8, 4) is 0 Å². The summed E-state index contributed by atoms with van der Waals surface area (Å²) < 4.78 is 4.92. The number of carboxylic acid groups (broad SMARTS) is 1. The van der Waals surface area contributed by atoms with Crippen LogP contribution in [-0.4, -0.2) is 48.8 Å². The number of benzene rings is 1. The van der Waals surface area contributed by atoms with Gasteiger partial charge in [0.2, 0.25) is 5.91 Å². The second-order valence-corrected chi connectivity index (χ2v) is 5.18. The lowest BCUT2D eigenvalue weighted by atomic mass is 10.2. The summed E-state index contributed by atoms with van der Waals surface area (Å²) in [5.41, 5.74) is 0.728. The third kappa shape index (κ3) is 6.08. The van der Waals surface area contributed by atoms with Gasteiger partial charge in [-0.3, -0.25) is 9.59 Å². The number of carboxylic acids is 1. The standard InChI is InChI=1S/C14H19NO4S/c1-19-9-10-20-11-13(16)15(8-7-14(17)18)12-5-3-2-4-6-12/h2-6H,7-11H2,1H3,(H,17,18). The van der Waals surface area contributed by atoms with Crippen molar-refractivity contribution in [3.05, 3.63) is 30.3 Å². The molecule has 5 nitrogen and oxygen atoms in total. The number of carbonyl (C=O) groups is 2. The summed E-state index contributed by atoms with van der Waals surface area (Å²) in [5.74, 6) is 0.0612. The summed E-state index contributed by atoms with van der Waals surface area (Å²) in [6.45, 7) is 0.779. The molecular formula is C14H19NO4S. The maximum absolute atomic E-state index is 12.2. The second kappa shape index (κ2) is 9.39. The first kappa shape index (κ1) is 16.5. The van der Waals surface area contributed by atoms with Gasteiger partial charge in [-0.25, -0.2) is 0 Å². The van der Waals surface area contributed by atoms with Crippen LogP contribution < -0.4 is 4.90 Å². The molecule has 0 aliphatic carbocycles. The van der Waals surface area contributed by atoms with E-state index in [2.05, 4.69) is 0 Å². The van der Waals surface area contributed by atoms with E-state index in [-0.39, 0.29) is 18.9 Å². The van der Waals surface area contributed by atoms with Gasteiger partial charge in [0.05, 0.1) is 18.8 Å². The van der Waals surface area contributed by atoms with E-state index >= 15 is 0 Å². The summed E-state index contributed by atoms with van der Waals surface area (Å²) in [6, 6.07) is 9.12. The monoisotopic (exact) mass is 297 g/mol. The number of hydrogen-bond donors (Lipinski definition) is 1. The van der Waals surface area contributed by atoms with E-state index < -0.39 is 5.97 Å². The molecule has 0 fully saturated rings. The first-order chi connectivity index (χ1) is 9.65. The van der Waals surface area contributed by atoms with Gasteiger partial charge in [0, 0.05) is 25.1 Å². The molecule has 110 valence electrons. The highest BCUT2D eigenvalue weighted by Crippen LogP contribution is 2.15. The first-order valence-electron chi connectivity index (χ1n) is 6.29. The van der Waals surface area contributed by atoms with Crippen LogP contribution >= 0.6 is 11.8 Å². The van der Waals surface area contributed by atoms with Gasteiger partial charge < -0.3 is 14.7 Å². The predicted molar refractivity (Wildman–Crippen MR) is 80.2 cm³/mol. The molecule has 0 saturated carbocycles. The molecule has 0 unspecified atom stereocenters. The summed E-state index contributed by atoms with van der Waals surface area (Å²) >= 11 is 1.48. The van der Waals surface area contributed by atoms with Gasteiger partial charge in [-0.05, 0) is 12.1 Å². The van der Waals surface area contributed by atoms with E-state index in [9.17, 15) is 9.59 Å². The minimum atomic E-state index is -0.911. The summed E-state index contributed by atoms with van der Waals surface area (Å²) in [4.78, 5) is 24.4. The van der Waals surface area contributed by atoms with Crippen molar-refractivity contribution in [1.29, 1.82) is 0 Å². The molecule has 0 radical (unpaired) electrons. The molecular weight excluding hydrogens is 278 g/mol. The number of para-hydroxylation sites is 1. The highest BCUT2D eigenvalue weighted by atomic mass is 32.2. The molecule has 0 aliphatic rings. The lowest BCUT2D eigenvalue weighted by Gasteiger charge is -2.22. The van der Waals surface area contributed by atoms with Crippen LogP contribution in [-0.2, 0) is 14.3 Å². The molecule has 0 heterocycles. The molecule has 1 rings (SSSR count). The van der Waals surface area contributed by atoms with Crippen molar-refractivity contribution in [3.63, 3.8) is 0 Å². The molecule has 20 heavy (non-hydrogen) atoms. The molecule has 1 N–H and O–H groups in total.